The van der Waals surface area contributed by atoms with Crippen LogP contribution in [0, 0.1) is 12.3 Å². The summed E-state index contributed by atoms with van der Waals surface area (Å²) in [6.07, 6.45) is 2.44. The van der Waals surface area contributed by atoms with E-state index in [1.807, 2.05) is 45.0 Å². The van der Waals surface area contributed by atoms with E-state index in [0.717, 1.165) is 5.69 Å². The monoisotopic (exact) mass is 217 g/mol. The van der Waals surface area contributed by atoms with Crippen molar-refractivity contribution in [1.82, 2.24) is 0 Å². The molecule has 0 heterocycles. The first-order valence-electron chi connectivity index (χ1n) is 5.45. The number of allylic oxidation sites excluding steroid dienone is 1. The number of carbonyl (C=O) groups is 1. The molecule has 0 saturated carbocycles. The fourth-order valence-electron chi connectivity index (χ4n) is 1.39. The summed E-state index contributed by atoms with van der Waals surface area (Å²) in [5.74, 6) is 0.0243. The van der Waals surface area contributed by atoms with Crippen molar-refractivity contribution in [3.8, 4) is 0 Å². The highest BCUT2D eigenvalue weighted by atomic mass is 16.2. The summed E-state index contributed by atoms with van der Waals surface area (Å²) < 4.78 is 0. The quantitative estimate of drug-likeness (QED) is 0.768. The average molecular weight is 217 g/mol. The van der Waals surface area contributed by atoms with Crippen LogP contribution in [0.15, 0.2) is 36.9 Å². The minimum absolute atomic E-state index is 0.0243. The second-order valence-corrected chi connectivity index (χ2v) is 4.70. The van der Waals surface area contributed by atoms with Crippen LogP contribution in [0.3, 0.4) is 0 Å². The molecule has 0 atom stereocenters. The Kier molecular flexibility index (Phi) is 3.88. The van der Waals surface area contributed by atoms with Gasteiger partial charge in [-0.1, -0.05) is 37.6 Å². The summed E-state index contributed by atoms with van der Waals surface area (Å²) in [4.78, 5) is 12.0. The van der Waals surface area contributed by atoms with Crippen LogP contribution >= 0.6 is 0 Å². The SMILES string of the molecule is C=CCC(C)(C)C(=O)Nc1ccc(C)cc1. The third kappa shape index (κ3) is 3.23. The molecule has 0 fully saturated rings. The average Bonchev–Trinajstić information content (AvgIpc) is 2.21. The van der Waals surface area contributed by atoms with E-state index in [-0.39, 0.29) is 5.91 Å². The Labute approximate surface area is 97.4 Å². The third-order valence-electron chi connectivity index (χ3n) is 2.58. The van der Waals surface area contributed by atoms with Gasteiger partial charge in [0.2, 0.25) is 5.91 Å². The maximum atomic E-state index is 12.0. The Morgan fingerprint density at radius 2 is 1.94 bits per heavy atom. The highest BCUT2D eigenvalue weighted by molar-refractivity contribution is 5.94. The van der Waals surface area contributed by atoms with Crippen LogP contribution in [0.25, 0.3) is 0 Å². The van der Waals surface area contributed by atoms with Gasteiger partial charge in [-0.3, -0.25) is 4.79 Å². The molecule has 1 N–H and O–H groups in total. The molecule has 0 aliphatic heterocycles. The van der Waals surface area contributed by atoms with Gasteiger partial charge in [0, 0.05) is 11.1 Å². The van der Waals surface area contributed by atoms with Crippen LogP contribution in [0.2, 0.25) is 0 Å². The van der Waals surface area contributed by atoms with Gasteiger partial charge >= 0.3 is 0 Å². The van der Waals surface area contributed by atoms with Crippen molar-refractivity contribution in [1.29, 1.82) is 0 Å². The highest BCUT2D eigenvalue weighted by Crippen LogP contribution is 2.23. The van der Waals surface area contributed by atoms with E-state index < -0.39 is 5.41 Å². The third-order valence-corrected chi connectivity index (χ3v) is 2.58. The molecular weight excluding hydrogens is 198 g/mol. The second kappa shape index (κ2) is 4.97. The molecule has 1 aromatic carbocycles. The summed E-state index contributed by atoms with van der Waals surface area (Å²) in [6.45, 7) is 9.52. The van der Waals surface area contributed by atoms with Crippen molar-refractivity contribution in [3.05, 3.63) is 42.5 Å². The molecule has 1 amide bonds. The number of hydrogen-bond donors (Lipinski definition) is 1. The molecule has 16 heavy (non-hydrogen) atoms. The van der Waals surface area contributed by atoms with Gasteiger partial charge in [-0.2, -0.15) is 0 Å². The molecule has 0 aliphatic carbocycles. The van der Waals surface area contributed by atoms with Crippen molar-refractivity contribution in [2.45, 2.75) is 27.2 Å². The van der Waals surface area contributed by atoms with E-state index in [9.17, 15) is 4.79 Å². The molecule has 0 radical (unpaired) electrons. The minimum Gasteiger partial charge on any atom is -0.326 e. The lowest BCUT2D eigenvalue weighted by molar-refractivity contribution is -0.123. The molecule has 0 saturated heterocycles. The van der Waals surface area contributed by atoms with Gasteiger partial charge in [-0.05, 0) is 25.5 Å². The first kappa shape index (κ1) is 12.5. The second-order valence-electron chi connectivity index (χ2n) is 4.70. The Bertz CT molecular complexity index is 376. The highest BCUT2D eigenvalue weighted by Gasteiger charge is 2.25. The number of hydrogen-bond acceptors (Lipinski definition) is 1. The van der Waals surface area contributed by atoms with Crippen LogP contribution in [0.4, 0.5) is 5.69 Å². The zero-order chi connectivity index (χ0) is 12.2. The summed E-state index contributed by atoms with van der Waals surface area (Å²) >= 11 is 0. The predicted octanol–water partition coefficient (Wildman–Crippen LogP) is 3.54. The lowest BCUT2D eigenvalue weighted by Crippen LogP contribution is -2.30. The number of amides is 1. The maximum Gasteiger partial charge on any atom is 0.230 e. The van der Waals surface area contributed by atoms with Crippen LogP contribution in [-0.2, 0) is 4.79 Å². The zero-order valence-electron chi connectivity index (χ0n) is 10.2. The summed E-state index contributed by atoms with van der Waals surface area (Å²) in [7, 11) is 0. The summed E-state index contributed by atoms with van der Waals surface area (Å²) in [5, 5.41) is 2.91. The fourth-order valence-corrected chi connectivity index (χ4v) is 1.39. The van der Waals surface area contributed by atoms with Crippen molar-refractivity contribution in [3.63, 3.8) is 0 Å². The molecule has 0 aliphatic rings. The van der Waals surface area contributed by atoms with Crippen LogP contribution < -0.4 is 5.32 Å². The van der Waals surface area contributed by atoms with Gasteiger partial charge in [0.15, 0.2) is 0 Å². The number of carbonyl (C=O) groups excluding carboxylic acids is 1. The molecule has 0 aromatic heterocycles. The fraction of sp³-hybridized carbons (Fsp3) is 0.357. The van der Waals surface area contributed by atoms with E-state index in [4.69, 9.17) is 0 Å². The summed E-state index contributed by atoms with van der Waals surface area (Å²) in [5.41, 5.74) is 1.61. The zero-order valence-corrected chi connectivity index (χ0v) is 10.2. The molecule has 1 aromatic rings. The van der Waals surface area contributed by atoms with Gasteiger partial charge < -0.3 is 5.32 Å². The molecule has 0 unspecified atom stereocenters. The molecule has 0 spiro atoms. The Hall–Kier alpha value is -1.57. The van der Waals surface area contributed by atoms with E-state index in [1.165, 1.54) is 5.56 Å². The van der Waals surface area contributed by atoms with Gasteiger partial charge in [0.25, 0.3) is 0 Å². The molecule has 1 rings (SSSR count). The molecular formula is C14H19NO. The number of benzene rings is 1. The molecule has 2 nitrogen and oxygen atoms in total. The predicted molar refractivity (Wildman–Crippen MR) is 68.4 cm³/mol. The van der Waals surface area contributed by atoms with E-state index in [1.54, 1.807) is 6.08 Å². The lowest BCUT2D eigenvalue weighted by atomic mass is 9.88. The van der Waals surface area contributed by atoms with Crippen molar-refractivity contribution in [2.75, 3.05) is 5.32 Å². The maximum absolute atomic E-state index is 12.0. The smallest absolute Gasteiger partial charge is 0.230 e. The Morgan fingerprint density at radius 1 is 1.38 bits per heavy atom. The first-order valence-corrected chi connectivity index (χ1v) is 5.45. The molecule has 2 heteroatoms. The van der Waals surface area contributed by atoms with Gasteiger partial charge in [-0.15, -0.1) is 6.58 Å². The van der Waals surface area contributed by atoms with Gasteiger partial charge in [0.1, 0.15) is 0 Å². The topological polar surface area (TPSA) is 29.1 Å². The number of rotatable bonds is 4. The number of nitrogens with one attached hydrogen (secondary N) is 1. The minimum atomic E-state index is -0.410. The normalized spacial score (nSPS) is 10.9. The lowest BCUT2D eigenvalue weighted by Gasteiger charge is -2.21. The standard InChI is InChI=1S/C14H19NO/c1-5-10-14(3,4)13(16)15-12-8-6-11(2)7-9-12/h5-9H,1,10H2,2-4H3,(H,15,16). The first-order chi connectivity index (χ1) is 7.45. The van der Waals surface area contributed by atoms with Crippen molar-refractivity contribution < 1.29 is 4.79 Å². The number of aryl methyl sites for hydroxylation is 1. The van der Waals surface area contributed by atoms with E-state index >= 15 is 0 Å². The van der Waals surface area contributed by atoms with Crippen LogP contribution in [-0.4, -0.2) is 5.91 Å². The summed E-state index contributed by atoms with van der Waals surface area (Å²) in [6, 6.07) is 7.79. The molecule has 86 valence electrons. The van der Waals surface area contributed by atoms with Crippen LogP contribution in [0.1, 0.15) is 25.8 Å². The van der Waals surface area contributed by atoms with Crippen molar-refractivity contribution in [2.24, 2.45) is 5.41 Å². The largest absolute Gasteiger partial charge is 0.326 e. The Morgan fingerprint density at radius 3 is 2.44 bits per heavy atom. The van der Waals surface area contributed by atoms with Crippen molar-refractivity contribution >= 4 is 11.6 Å². The van der Waals surface area contributed by atoms with Crippen LogP contribution in [0.5, 0.6) is 0 Å². The van der Waals surface area contributed by atoms with Gasteiger partial charge in [-0.25, -0.2) is 0 Å². The van der Waals surface area contributed by atoms with E-state index in [2.05, 4.69) is 11.9 Å². The molecule has 0 bridgehead atoms. The Balaban J connectivity index is 2.71. The van der Waals surface area contributed by atoms with Gasteiger partial charge in [0.05, 0.1) is 0 Å². The number of anilines is 1. The van der Waals surface area contributed by atoms with E-state index in [0.29, 0.717) is 6.42 Å².